The van der Waals surface area contributed by atoms with E-state index in [0.29, 0.717) is 22.5 Å². The normalized spacial score (nSPS) is 17.1. The third kappa shape index (κ3) is 5.12. The van der Waals surface area contributed by atoms with Gasteiger partial charge in [-0.05, 0) is 67.4 Å². The summed E-state index contributed by atoms with van der Waals surface area (Å²) < 4.78 is 44.6. The number of amides is 1. The fourth-order valence-corrected chi connectivity index (χ4v) is 5.01. The molecule has 1 unspecified atom stereocenters. The standard InChI is InChI=1S/C28H21Cl2F3N4O2/c1-16-10-18(24-15-27(39-36-24,28(31,32)33)19-12-20(29)14-21(30)13-19)8-9-23(16)26(38)34-25-11-17(2)35-37(25)22-6-4-3-5-7-22/h3-14H,15H2,1-2H3,(H,34,38). The van der Waals surface area contributed by atoms with Crippen LogP contribution in [0.2, 0.25) is 10.0 Å². The molecule has 200 valence electrons. The summed E-state index contributed by atoms with van der Waals surface area (Å²) in [5, 5.41) is 11.2. The summed E-state index contributed by atoms with van der Waals surface area (Å²) in [6.45, 7) is 3.51. The van der Waals surface area contributed by atoms with E-state index in [9.17, 15) is 18.0 Å². The number of aryl methyl sites for hydroxylation is 2. The number of halogens is 5. The van der Waals surface area contributed by atoms with Gasteiger partial charge in [0.05, 0.1) is 17.1 Å². The van der Waals surface area contributed by atoms with Crippen LogP contribution in [0.3, 0.4) is 0 Å². The predicted octanol–water partition coefficient (Wildman–Crippen LogP) is 7.63. The molecule has 6 nitrogen and oxygen atoms in total. The highest BCUT2D eigenvalue weighted by atomic mass is 35.5. The van der Waals surface area contributed by atoms with E-state index in [1.165, 1.54) is 18.2 Å². The zero-order chi connectivity index (χ0) is 27.9. The lowest BCUT2D eigenvalue weighted by Crippen LogP contribution is -2.42. The van der Waals surface area contributed by atoms with E-state index >= 15 is 0 Å². The molecule has 0 aliphatic carbocycles. The molecule has 4 aromatic rings. The van der Waals surface area contributed by atoms with E-state index in [-0.39, 0.29) is 27.2 Å². The van der Waals surface area contributed by atoms with Gasteiger partial charge >= 0.3 is 6.18 Å². The van der Waals surface area contributed by atoms with Crippen LogP contribution in [-0.4, -0.2) is 27.6 Å². The summed E-state index contributed by atoms with van der Waals surface area (Å²) in [7, 11) is 0. The molecule has 39 heavy (non-hydrogen) atoms. The van der Waals surface area contributed by atoms with Gasteiger partial charge in [-0.2, -0.15) is 18.3 Å². The Kier molecular flexibility index (Phi) is 6.90. The van der Waals surface area contributed by atoms with Gasteiger partial charge in [-0.15, -0.1) is 0 Å². The summed E-state index contributed by atoms with van der Waals surface area (Å²) in [6.07, 6.45) is -5.39. The van der Waals surface area contributed by atoms with Gasteiger partial charge in [0.2, 0.25) is 0 Å². The van der Waals surface area contributed by atoms with Crippen molar-refractivity contribution in [2.75, 3.05) is 5.32 Å². The molecule has 1 atom stereocenters. The molecule has 0 spiro atoms. The number of nitrogens with zero attached hydrogens (tertiary/aromatic N) is 3. The van der Waals surface area contributed by atoms with E-state index in [0.717, 1.165) is 11.4 Å². The quantitative estimate of drug-likeness (QED) is 0.267. The van der Waals surface area contributed by atoms with Crippen molar-refractivity contribution >= 4 is 40.6 Å². The third-order valence-electron chi connectivity index (χ3n) is 6.39. The second-order valence-corrected chi connectivity index (χ2v) is 10.1. The summed E-state index contributed by atoms with van der Waals surface area (Å²) >= 11 is 12.0. The van der Waals surface area contributed by atoms with Crippen LogP contribution in [0.1, 0.15) is 39.2 Å². The molecular formula is C28H21Cl2F3N4O2. The highest BCUT2D eigenvalue weighted by molar-refractivity contribution is 6.34. The average Bonchev–Trinajstić information content (AvgIpc) is 3.48. The van der Waals surface area contributed by atoms with Crippen LogP contribution in [-0.2, 0) is 10.4 Å². The number of rotatable bonds is 5. The molecule has 1 aliphatic rings. The average molecular weight is 573 g/mol. The van der Waals surface area contributed by atoms with Crippen molar-refractivity contribution in [3.8, 4) is 5.69 Å². The summed E-state index contributed by atoms with van der Waals surface area (Å²) in [4.78, 5) is 18.2. The Labute approximate surface area is 232 Å². The number of hydrogen-bond acceptors (Lipinski definition) is 4. The lowest BCUT2D eigenvalue weighted by Gasteiger charge is -2.29. The van der Waals surface area contributed by atoms with Crippen molar-refractivity contribution in [3.63, 3.8) is 0 Å². The van der Waals surface area contributed by atoms with Gasteiger partial charge in [-0.3, -0.25) is 4.79 Å². The van der Waals surface area contributed by atoms with Crippen molar-refractivity contribution in [2.45, 2.75) is 32.0 Å². The van der Waals surface area contributed by atoms with Crippen molar-refractivity contribution in [1.82, 2.24) is 9.78 Å². The predicted molar refractivity (Wildman–Crippen MR) is 144 cm³/mol. The third-order valence-corrected chi connectivity index (χ3v) is 6.83. The molecule has 2 heterocycles. The Morgan fingerprint density at radius 1 is 1.00 bits per heavy atom. The van der Waals surface area contributed by atoms with Gasteiger partial charge in [0.15, 0.2) is 0 Å². The molecule has 0 saturated heterocycles. The van der Waals surface area contributed by atoms with Crippen molar-refractivity contribution < 1.29 is 22.8 Å². The van der Waals surface area contributed by atoms with E-state index in [1.807, 2.05) is 37.3 Å². The molecule has 3 aromatic carbocycles. The van der Waals surface area contributed by atoms with Crippen LogP contribution in [0, 0.1) is 13.8 Å². The minimum atomic E-state index is -4.80. The Morgan fingerprint density at radius 3 is 2.33 bits per heavy atom. The topological polar surface area (TPSA) is 68.5 Å². The van der Waals surface area contributed by atoms with Gasteiger partial charge in [-0.25, -0.2) is 4.68 Å². The molecule has 1 aromatic heterocycles. The largest absolute Gasteiger partial charge is 0.435 e. The fraction of sp³-hybridized carbons (Fsp3) is 0.179. The maximum Gasteiger partial charge on any atom is 0.435 e. The van der Waals surface area contributed by atoms with E-state index in [2.05, 4.69) is 15.6 Å². The van der Waals surface area contributed by atoms with Gasteiger partial charge in [0.1, 0.15) is 5.82 Å². The Balaban J connectivity index is 1.40. The fourth-order valence-electron chi connectivity index (χ4n) is 4.48. The molecule has 0 bridgehead atoms. The lowest BCUT2D eigenvalue weighted by atomic mass is 9.86. The second-order valence-electron chi connectivity index (χ2n) is 9.19. The van der Waals surface area contributed by atoms with Gasteiger partial charge < -0.3 is 10.2 Å². The monoisotopic (exact) mass is 572 g/mol. The van der Waals surface area contributed by atoms with Crippen molar-refractivity contribution in [1.29, 1.82) is 0 Å². The summed E-state index contributed by atoms with van der Waals surface area (Å²) in [5.41, 5.74) is -0.120. The smallest absolute Gasteiger partial charge is 0.374 e. The first-order valence-electron chi connectivity index (χ1n) is 11.8. The minimum absolute atomic E-state index is 0.0492. The van der Waals surface area contributed by atoms with Crippen molar-refractivity contribution in [2.24, 2.45) is 5.16 Å². The van der Waals surface area contributed by atoms with Crippen LogP contribution >= 0.6 is 23.2 Å². The number of hydrogen-bond donors (Lipinski definition) is 1. The molecule has 1 amide bonds. The molecule has 0 fully saturated rings. The molecule has 0 radical (unpaired) electrons. The number of carbonyl (C=O) groups is 1. The first kappa shape index (κ1) is 26.8. The van der Waals surface area contributed by atoms with Crippen LogP contribution in [0.15, 0.2) is 78.0 Å². The van der Waals surface area contributed by atoms with E-state index in [4.69, 9.17) is 28.0 Å². The summed E-state index contributed by atoms with van der Waals surface area (Å²) in [6, 6.07) is 19.5. The molecule has 1 N–H and O–H groups in total. The molecule has 0 saturated carbocycles. The number of carbonyl (C=O) groups excluding carboxylic acids is 1. The zero-order valence-corrected chi connectivity index (χ0v) is 22.2. The molecular weight excluding hydrogens is 552 g/mol. The van der Waals surface area contributed by atoms with Gasteiger partial charge in [0.25, 0.3) is 11.5 Å². The first-order chi connectivity index (χ1) is 18.5. The highest BCUT2D eigenvalue weighted by Gasteiger charge is 2.62. The van der Waals surface area contributed by atoms with Crippen molar-refractivity contribution in [3.05, 3.63) is 111 Å². The number of aromatic nitrogens is 2. The van der Waals surface area contributed by atoms with Gasteiger partial charge in [-0.1, -0.05) is 52.6 Å². The van der Waals surface area contributed by atoms with Crippen LogP contribution in [0.4, 0.5) is 19.0 Å². The minimum Gasteiger partial charge on any atom is -0.374 e. The number of para-hydroxylation sites is 1. The maximum absolute atomic E-state index is 14.3. The van der Waals surface area contributed by atoms with Crippen LogP contribution in [0.5, 0.6) is 0 Å². The zero-order valence-electron chi connectivity index (χ0n) is 20.7. The number of nitrogens with one attached hydrogen (secondary N) is 1. The van der Waals surface area contributed by atoms with E-state index in [1.54, 1.807) is 35.9 Å². The highest BCUT2D eigenvalue weighted by Crippen LogP contribution is 2.49. The lowest BCUT2D eigenvalue weighted by molar-refractivity contribution is -0.275. The molecule has 5 rings (SSSR count). The SMILES string of the molecule is Cc1cc(NC(=O)c2ccc(C3=NOC(c4cc(Cl)cc(Cl)c4)(C(F)(F)F)C3)cc2C)n(-c2ccccc2)n1. The molecule has 1 aliphatic heterocycles. The molecule has 11 heteroatoms. The second kappa shape index (κ2) is 10.1. The van der Waals surface area contributed by atoms with Gasteiger partial charge in [0, 0.05) is 33.7 Å². The number of benzene rings is 3. The van der Waals surface area contributed by atoms with Crippen LogP contribution in [0.25, 0.3) is 5.69 Å². The first-order valence-corrected chi connectivity index (χ1v) is 12.6. The van der Waals surface area contributed by atoms with E-state index < -0.39 is 18.2 Å². The number of alkyl halides is 3. The Hall–Kier alpha value is -3.82. The Bertz CT molecular complexity index is 1580. The maximum atomic E-state index is 14.3. The Morgan fingerprint density at radius 2 is 1.69 bits per heavy atom. The van der Waals surface area contributed by atoms with Crippen LogP contribution < -0.4 is 5.32 Å². The summed E-state index contributed by atoms with van der Waals surface area (Å²) in [5.74, 6) is 0.0924. The number of oxime groups is 1. The number of anilines is 1.